The molecule has 1 N–H and O–H groups in total. The van der Waals surface area contributed by atoms with Crippen molar-refractivity contribution in [1.29, 1.82) is 0 Å². The summed E-state index contributed by atoms with van der Waals surface area (Å²) in [5, 5.41) is 2.78. The Kier molecular flexibility index (Phi) is 1.88. The summed E-state index contributed by atoms with van der Waals surface area (Å²) in [7, 11) is 0. The molecule has 68 valence electrons. The van der Waals surface area contributed by atoms with Crippen LogP contribution in [0.4, 0.5) is 10.5 Å². The molecule has 2 heterocycles. The Morgan fingerprint density at radius 2 is 2.54 bits per heavy atom. The maximum Gasteiger partial charge on any atom is 0.322 e. The minimum absolute atomic E-state index is 0.0412. The first-order valence-corrected chi connectivity index (χ1v) is 4.26. The highest BCUT2D eigenvalue weighted by Crippen LogP contribution is 2.18. The van der Waals surface area contributed by atoms with E-state index in [0.29, 0.717) is 6.54 Å². The fourth-order valence-corrected chi connectivity index (χ4v) is 1.48. The smallest absolute Gasteiger partial charge is 0.322 e. The first-order chi connectivity index (χ1) is 6.29. The van der Waals surface area contributed by atoms with Crippen molar-refractivity contribution in [2.24, 2.45) is 0 Å². The molecular formula is C9H11N3O. The van der Waals surface area contributed by atoms with Crippen LogP contribution in [-0.2, 0) is 0 Å². The Labute approximate surface area is 76.6 Å². The second-order valence-corrected chi connectivity index (χ2v) is 3.12. The topological polar surface area (TPSA) is 45.2 Å². The molecule has 1 aromatic rings. The average Bonchev–Trinajstić information content (AvgIpc) is 2.48. The van der Waals surface area contributed by atoms with Crippen LogP contribution in [0.5, 0.6) is 0 Å². The van der Waals surface area contributed by atoms with Crippen LogP contribution in [0.25, 0.3) is 0 Å². The van der Waals surface area contributed by atoms with E-state index in [0.717, 1.165) is 5.69 Å². The molecule has 1 fully saturated rings. The minimum atomic E-state index is -0.0412. The molecule has 0 unspecified atom stereocenters. The Bertz CT molecular complexity index is 312. The number of nitrogens with one attached hydrogen (secondary N) is 1. The minimum Gasteiger partial charge on any atom is -0.336 e. The summed E-state index contributed by atoms with van der Waals surface area (Å²) in [6.07, 6.45) is 3.39. The van der Waals surface area contributed by atoms with Gasteiger partial charge in [-0.05, 0) is 19.1 Å². The Morgan fingerprint density at radius 3 is 3.08 bits per heavy atom. The van der Waals surface area contributed by atoms with Gasteiger partial charge in [-0.2, -0.15) is 0 Å². The number of aromatic nitrogens is 1. The fourth-order valence-electron chi connectivity index (χ4n) is 1.48. The van der Waals surface area contributed by atoms with Gasteiger partial charge in [0, 0.05) is 12.7 Å². The van der Waals surface area contributed by atoms with Crippen molar-refractivity contribution in [2.75, 3.05) is 11.4 Å². The van der Waals surface area contributed by atoms with Gasteiger partial charge in [-0.1, -0.05) is 0 Å². The van der Waals surface area contributed by atoms with Crippen LogP contribution in [0.2, 0.25) is 0 Å². The lowest BCUT2D eigenvalue weighted by atomic mass is 10.3. The normalized spacial score (nSPS) is 21.8. The largest absolute Gasteiger partial charge is 0.336 e. The molecule has 0 bridgehead atoms. The highest BCUT2D eigenvalue weighted by atomic mass is 16.2. The quantitative estimate of drug-likeness (QED) is 0.695. The maximum absolute atomic E-state index is 11.4. The summed E-state index contributed by atoms with van der Waals surface area (Å²) in [5.41, 5.74) is 0.852. The number of carbonyl (C=O) groups excluding carboxylic acids is 1. The average molecular weight is 177 g/mol. The molecule has 1 saturated heterocycles. The standard InChI is InChI=1S/C9H11N3O/c1-7-5-11-9(13)12(7)8-3-2-4-10-6-8/h2-4,6-7H,5H2,1H3,(H,11,13)/t7-/m0/s1. The fraction of sp³-hybridized carbons (Fsp3) is 0.333. The first-order valence-electron chi connectivity index (χ1n) is 4.26. The van der Waals surface area contributed by atoms with Gasteiger partial charge in [-0.3, -0.25) is 9.88 Å². The number of carbonyl (C=O) groups is 1. The molecule has 2 rings (SSSR count). The number of amides is 2. The SMILES string of the molecule is C[C@H]1CNC(=O)N1c1cccnc1. The van der Waals surface area contributed by atoms with E-state index in [1.54, 1.807) is 17.3 Å². The zero-order valence-electron chi connectivity index (χ0n) is 7.40. The molecule has 0 aliphatic carbocycles. The van der Waals surface area contributed by atoms with Crippen molar-refractivity contribution in [3.05, 3.63) is 24.5 Å². The molecule has 13 heavy (non-hydrogen) atoms. The van der Waals surface area contributed by atoms with Gasteiger partial charge in [0.2, 0.25) is 0 Å². The van der Waals surface area contributed by atoms with Gasteiger partial charge in [0.1, 0.15) is 0 Å². The monoisotopic (exact) mass is 177 g/mol. The van der Waals surface area contributed by atoms with Gasteiger partial charge in [0.05, 0.1) is 17.9 Å². The van der Waals surface area contributed by atoms with E-state index in [-0.39, 0.29) is 12.1 Å². The molecule has 0 saturated carbocycles. The summed E-state index contributed by atoms with van der Waals surface area (Å²) in [6.45, 7) is 2.71. The number of rotatable bonds is 1. The van der Waals surface area contributed by atoms with Crippen molar-refractivity contribution in [1.82, 2.24) is 10.3 Å². The van der Waals surface area contributed by atoms with Crippen LogP contribution in [0.15, 0.2) is 24.5 Å². The number of pyridine rings is 1. The van der Waals surface area contributed by atoms with E-state index >= 15 is 0 Å². The van der Waals surface area contributed by atoms with Crippen molar-refractivity contribution in [3.63, 3.8) is 0 Å². The Balaban J connectivity index is 2.30. The molecule has 0 radical (unpaired) electrons. The summed E-state index contributed by atoms with van der Waals surface area (Å²) >= 11 is 0. The van der Waals surface area contributed by atoms with Crippen molar-refractivity contribution in [2.45, 2.75) is 13.0 Å². The van der Waals surface area contributed by atoms with E-state index < -0.39 is 0 Å². The molecule has 4 nitrogen and oxygen atoms in total. The van der Waals surface area contributed by atoms with Crippen molar-refractivity contribution < 1.29 is 4.79 Å². The summed E-state index contributed by atoms with van der Waals surface area (Å²) in [4.78, 5) is 17.1. The van der Waals surface area contributed by atoms with Crippen LogP contribution >= 0.6 is 0 Å². The predicted molar refractivity (Wildman–Crippen MR) is 49.6 cm³/mol. The third-order valence-corrected chi connectivity index (χ3v) is 2.13. The van der Waals surface area contributed by atoms with Gasteiger partial charge in [-0.25, -0.2) is 4.79 Å². The van der Waals surface area contributed by atoms with Crippen LogP contribution in [0.1, 0.15) is 6.92 Å². The molecule has 1 atom stereocenters. The van der Waals surface area contributed by atoms with E-state index in [9.17, 15) is 4.79 Å². The summed E-state index contributed by atoms with van der Waals surface area (Å²) in [6, 6.07) is 3.87. The highest BCUT2D eigenvalue weighted by Gasteiger charge is 2.28. The number of anilines is 1. The summed E-state index contributed by atoms with van der Waals surface area (Å²) < 4.78 is 0. The lowest BCUT2D eigenvalue weighted by Crippen LogP contribution is -2.32. The van der Waals surface area contributed by atoms with Crippen molar-refractivity contribution in [3.8, 4) is 0 Å². The van der Waals surface area contributed by atoms with Gasteiger partial charge in [-0.15, -0.1) is 0 Å². The number of urea groups is 1. The molecule has 1 aliphatic heterocycles. The number of hydrogen-bond donors (Lipinski definition) is 1. The van der Waals surface area contributed by atoms with Gasteiger partial charge in [0.25, 0.3) is 0 Å². The Hall–Kier alpha value is -1.58. The zero-order valence-corrected chi connectivity index (χ0v) is 7.40. The predicted octanol–water partition coefficient (Wildman–Crippen LogP) is 1.000. The van der Waals surface area contributed by atoms with E-state index in [2.05, 4.69) is 10.3 Å². The molecule has 0 spiro atoms. The van der Waals surface area contributed by atoms with E-state index in [1.807, 2.05) is 19.1 Å². The maximum atomic E-state index is 11.4. The Morgan fingerprint density at radius 1 is 1.69 bits per heavy atom. The molecule has 1 aliphatic rings. The van der Waals surface area contributed by atoms with Gasteiger partial charge < -0.3 is 5.32 Å². The third kappa shape index (κ3) is 1.35. The third-order valence-electron chi connectivity index (χ3n) is 2.13. The number of nitrogens with zero attached hydrogens (tertiary/aromatic N) is 2. The summed E-state index contributed by atoms with van der Waals surface area (Å²) in [5.74, 6) is 0. The zero-order chi connectivity index (χ0) is 9.26. The number of hydrogen-bond acceptors (Lipinski definition) is 2. The molecule has 1 aromatic heterocycles. The lowest BCUT2D eigenvalue weighted by molar-refractivity contribution is 0.252. The van der Waals surface area contributed by atoms with E-state index in [1.165, 1.54) is 0 Å². The van der Waals surface area contributed by atoms with Crippen LogP contribution < -0.4 is 10.2 Å². The van der Waals surface area contributed by atoms with Crippen LogP contribution in [0, 0.1) is 0 Å². The van der Waals surface area contributed by atoms with Gasteiger partial charge in [0.15, 0.2) is 0 Å². The first kappa shape index (κ1) is 8.04. The van der Waals surface area contributed by atoms with Crippen LogP contribution in [-0.4, -0.2) is 23.6 Å². The van der Waals surface area contributed by atoms with Gasteiger partial charge >= 0.3 is 6.03 Å². The second kappa shape index (κ2) is 3.05. The van der Waals surface area contributed by atoms with Crippen molar-refractivity contribution >= 4 is 11.7 Å². The lowest BCUT2D eigenvalue weighted by Gasteiger charge is -2.18. The second-order valence-electron chi connectivity index (χ2n) is 3.12. The van der Waals surface area contributed by atoms with E-state index in [4.69, 9.17) is 0 Å². The molecule has 0 aromatic carbocycles. The van der Waals surface area contributed by atoms with Crippen LogP contribution in [0.3, 0.4) is 0 Å². The molecule has 4 heteroatoms. The molecule has 2 amide bonds. The molecular weight excluding hydrogens is 166 g/mol. The highest BCUT2D eigenvalue weighted by molar-refractivity contribution is 5.94.